The highest BCUT2D eigenvalue weighted by Crippen LogP contribution is 2.41. The van der Waals surface area contributed by atoms with E-state index in [1.165, 1.54) is 41.5 Å². The van der Waals surface area contributed by atoms with Crippen molar-refractivity contribution in [3.8, 4) is 16.9 Å². The highest BCUT2D eigenvalue weighted by atomic mass is 16.5. The van der Waals surface area contributed by atoms with Crippen LogP contribution < -0.4 is 4.74 Å². The Morgan fingerprint density at radius 1 is 0.892 bits per heavy atom. The highest BCUT2D eigenvalue weighted by molar-refractivity contribution is 5.81. The third-order valence-corrected chi connectivity index (χ3v) is 7.32. The van der Waals surface area contributed by atoms with E-state index in [1.54, 1.807) is 6.20 Å². The zero-order valence-corrected chi connectivity index (χ0v) is 21.6. The lowest BCUT2D eigenvalue weighted by Crippen LogP contribution is -2.05. The molecule has 3 heteroatoms. The SMILES string of the molecule is CC(CC1CC1)c1ccccc1-c1ccccc1COc1ccc(CC(=O)CCc2cccnc2)cc1. The molecule has 188 valence electrons. The highest BCUT2D eigenvalue weighted by Gasteiger charge is 2.25. The van der Waals surface area contributed by atoms with Crippen molar-refractivity contribution in [3.63, 3.8) is 0 Å². The number of Topliss-reactive ketones (excluding diaryl/α,β-unsaturated/α-hetero) is 1. The minimum absolute atomic E-state index is 0.237. The zero-order chi connectivity index (χ0) is 25.5. The summed E-state index contributed by atoms with van der Waals surface area (Å²) in [6.07, 6.45) is 9.32. The van der Waals surface area contributed by atoms with Crippen molar-refractivity contribution in [2.75, 3.05) is 0 Å². The van der Waals surface area contributed by atoms with Crippen LogP contribution in [0.1, 0.15) is 60.8 Å². The molecule has 0 bridgehead atoms. The number of ketones is 1. The largest absolute Gasteiger partial charge is 0.489 e. The van der Waals surface area contributed by atoms with E-state index in [1.807, 2.05) is 42.6 Å². The van der Waals surface area contributed by atoms with E-state index >= 15 is 0 Å². The van der Waals surface area contributed by atoms with Crippen molar-refractivity contribution in [2.24, 2.45) is 5.92 Å². The maximum Gasteiger partial charge on any atom is 0.137 e. The molecule has 1 aliphatic rings. The van der Waals surface area contributed by atoms with Gasteiger partial charge in [-0.25, -0.2) is 0 Å². The molecule has 0 aliphatic heterocycles. The fraction of sp³-hybridized carbons (Fsp3) is 0.294. The topological polar surface area (TPSA) is 39.2 Å². The Balaban J connectivity index is 1.20. The van der Waals surface area contributed by atoms with Gasteiger partial charge < -0.3 is 4.74 Å². The van der Waals surface area contributed by atoms with E-state index in [4.69, 9.17) is 4.74 Å². The van der Waals surface area contributed by atoms with Gasteiger partial charge in [-0.05, 0) is 76.3 Å². The molecular formula is C34H35NO2. The number of rotatable bonds is 12. The van der Waals surface area contributed by atoms with Crippen LogP contribution in [0.5, 0.6) is 5.75 Å². The molecule has 1 saturated carbocycles. The Kier molecular flexibility index (Phi) is 8.10. The van der Waals surface area contributed by atoms with Crippen LogP contribution in [-0.4, -0.2) is 10.8 Å². The lowest BCUT2D eigenvalue weighted by molar-refractivity contribution is -0.118. The van der Waals surface area contributed by atoms with Gasteiger partial charge in [0.15, 0.2) is 0 Å². The molecule has 0 saturated heterocycles. The van der Waals surface area contributed by atoms with Crippen LogP contribution in [0.15, 0.2) is 97.3 Å². The molecule has 0 spiro atoms. The average Bonchev–Trinajstić information content (AvgIpc) is 3.76. The number of aryl methyl sites for hydroxylation is 1. The molecule has 1 atom stereocenters. The lowest BCUT2D eigenvalue weighted by atomic mass is 9.87. The summed E-state index contributed by atoms with van der Waals surface area (Å²) >= 11 is 0. The first-order valence-corrected chi connectivity index (χ1v) is 13.5. The molecule has 1 aromatic heterocycles. The van der Waals surface area contributed by atoms with Crippen LogP contribution in [0.2, 0.25) is 0 Å². The number of carbonyl (C=O) groups excluding carboxylic acids is 1. The average molecular weight is 490 g/mol. The minimum atomic E-state index is 0.237. The molecule has 1 aliphatic carbocycles. The normalized spacial score (nSPS) is 13.8. The fourth-order valence-corrected chi connectivity index (χ4v) is 5.07. The van der Waals surface area contributed by atoms with Crippen molar-refractivity contribution in [2.45, 2.75) is 58.0 Å². The van der Waals surface area contributed by atoms with Crippen molar-refractivity contribution in [1.82, 2.24) is 4.98 Å². The molecule has 37 heavy (non-hydrogen) atoms. The summed E-state index contributed by atoms with van der Waals surface area (Å²) in [5.74, 6) is 2.51. The Labute approximate surface area is 220 Å². The van der Waals surface area contributed by atoms with Gasteiger partial charge in [-0.15, -0.1) is 0 Å². The standard InChI is InChI=1S/C34H35NO2/c1-25(21-26-12-13-26)32-9-4-5-11-34(32)33-10-3-2-8-29(33)24-37-31-18-15-27(16-19-31)22-30(36)17-14-28-7-6-20-35-23-28/h2-11,15-16,18-20,23,25-26H,12-14,17,21-22,24H2,1H3. The van der Waals surface area contributed by atoms with E-state index in [9.17, 15) is 4.79 Å². The first-order chi connectivity index (χ1) is 18.2. The van der Waals surface area contributed by atoms with Gasteiger partial charge >= 0.3 is 0 Å². The second-order valence-electron chi connectivity index (χ2n) is 10.3. The molecule has 1 fully saturated rings. The van der Waals surface area contributed by atoms with Crippen molar-refractivity contribution >= 4 is 5.78 Å². The summed E-state index contributed by atoms with van der Waals surface area (Å²) in [4.78, 5) is 16.6. The third-order valence-electron chi connectivity index (χ3n) is 7.32. The smallest absolute Gasteiger partial charge is 0.137 e. The number of hydrogen-bond acceptors (Lipinski definition) is 3. The zero-order valence-electron chi connectivity index (χ0n) is 21.6. The number of nitrogens with zero attached hydrogens (tertiary/aromatic N) is 1. The summed E-state index contributed by atoms with van der Waals surface area (Å²) in [7, 11) is 0. The van der Waals surface area contributed by atoms with E-state index in [2.05, 4.69) is 60.4 Å². The maximum atomic E-state index is 12.4. The molecule has 1 heterocycles. The van der Waals surface area contributed by atoms with E-state index < -0.39 is 0 Å². The van der Waals surface area contributed by atoms with Crippen molar-refractivity contribution in [3.05, 3.63) is 120 Å². The first-order valence-electron chi connectivity index (χ1n) is 13.5. The number of aromatic nitrogens is 1. The number of carbonyl (C=O) groups is 1. The van der Waals surface area contributed by atoms with Gasteiger partial charge in [0.25, 0.3) is 0 Å². The quantitative estimate of drug-likeness (QED) is 0.202. The van der Waals surface area contributed by atoms with Crippen molar-refractivity contribution in [1.29, 1.82) is 0 Å². The molecule has 5 rings (SSSR count). The summed E-state index contributed by atoms with van der Waals surface area (Å²) in [6.45, 7) is 2.87. The van der Waals surface area contributed by atoms with Crippen molar-refractivity contribution < 1.29 is 9.53 Å². The molecule has 1 unspecified atom stereocenters. The molecule has 0 N–H and O–H groups in total. The number of hydrogen-bond donors (Lipinski definition) is 0. The fourth-order valence-electron chi connectivity index (χ4n) is 5.07. The number of benzene rings is 3. The van der Waals surface area contributed by atoms with Gasteiger partial charge in [0.05, 0.1) is 0 Å². The number of pyridine rings is 1. The number of ether oxygens (including phenoxy) is 1. The van der Waals surface area contributed by atoms with Gasteiger partial charge in [-0.3, -0.25) is 9.78 Å². The van der Waals surface area contributed by atoms with Gasteiger partial charge in [0.2, 0.25) is 0 Å². The van der Waals surface area contributed by atoms with Crippen LogP contribution in [0.25, 0.3) is 11.1 Å². The Morgan fingerprint density at radius 2 is 1.65 bits per heavy atom. The van der Waals surface area contributed by atoms with Gasteiger partial charge in [0, 0.05) is 25.2 Å². The molecular weight excluding hydrogens is 454 g/mol. The Hall–Kier alpha value is -3.72. The minimum Gasteiger partial charge on any atom is -0.489 e. The Bertz CT molecular complexity index is 1310. The predicted octanol–water partition coefficient (Wildman–Crippen LogP) is 7.98. The molecule has 0 radical (unpaired) electrons. The third kappa shape index (κ3) is 6.95. The lowest BCUT2D eigenvalue weighted by Gasteiger charge is -2.19. The Morgan fingerprint density at radius 3 is 2.41 bits per heavy atom. The van der Waals surface area contributed by atoms with Gasteiger partial charge in [-0.2, -0.15) is 0 Å². The molecule has 3 nitrogen and oxygen atoms in total. The van der Waals surface area contributed by atoms with E-state index in [0.29, 0.717) is 25.4 Å². The van der Waals surface area contributed by atoms with Crippen LogP contribution in [0.3, 0.4) is 0 Å². The van der Waals surface area contributed by atoms with Crippen LogP contribution in [0.4, 0.5) is 0 Å². The summed E-state index contributed by atoms with van der Waals surface area (Å²) in [6, 6.07) is 29.3. The van der Waals surface area contributed by atoms with E-state index in [-0.39, 0.29) is 5.78 Å². The molecule has 3 aromatic carbocycles. The van der Waals surface area contributed by atoms with Gasteiger partial charge in [0.1, 0.15) is 18.1 Å². The van der Waals surface area contributed by atoms with E-state index in [0.717, 1.165) is 29.2 Å². The summed E-state index contributed by atoms with van der Waals surface area (Å²) < 4.78 is 6.20. The van der Waals surface area contributed by atoms with Crippen LogP contribution in [0, 0.1) is 5.92 Å². The van der Waals surface area contributed by atoms with Crippen LogP contribution >= 0.6 is 0 Å². The molecule has 0 amide bonds. The summed E-state index contributed by atoms with van der Waals surface area (Å²) in [5, 5.41) is 0. The molecule has 4 aromatic rings. The van der Waals surface area contributed by atoms with Crippen LogP contribution in [-0.2, 0) is 24.2 Å². The second-order valence-corrected chi connectivity index (χ2v) is 10.3. The second kappa shape index (κ2) is 12.0. The first kappa shape index (κ1) is 25.0. The maximum absolute atomic E-state index is 12.4. The monoisotopic (exact) mass is 489 g/mol. The predicted molar refractivity (Wildman–Crippen MR) is 150 cm³/mol. The summed E-state index contributed by atoms with van der Waals surface area (Å²) in [5.41, 5.74) is 7.29. The van der Waals surface area contributed by atoms with Gasteiger partial charge in [-0.1, -0.05) is 86.5 Å².